The molecular weight excluding hydrogens is 239 g/mol. The van der Waals surface area contributed by atoms with Gasteiger partial charge < -0.3 is 0 Å². The van der Waals surface area contributed by atoms with Gasteiger partial charge >= 0.3 is 6.18 Å². The van der Waals surface area contributed by atoms with Gasteiger partial charge in [0.1, 0.15) is 6.04 Å². The maximum absolute atomic E-state index is 12.6. The number of alkyl halides is 3. The molecule has 0 heterocycles. The molecule has 0 saturated carbocycles. The van der Waals surface area contributed by atoms with Crippen LogP contribution in [-0.4, -0.2) is 21.2 Å². The molecule has 0 amide bonds. The molecule has 6 heteroatoms. The van der Waals surface area contributed by atoms with Crippen LogP contribution in [0.25, 0.3) is 0 Å². The Morgan fingerprint density at radius 2 is 1.88 bits per heavy atom. The fraction of sp³-hybridized carbons (Fsp3) is 0.800. The van der Waals surface area contributed by atoms with Crippen molar-refractivity contribution in [2.75, 3.05) is 0 Å². The molecule has 0 rings (SSSR count). The summed E-state index contributed by atoms with van der Waals surface area (Å²) in [4.78, 5) is 0. The molecule has 0 aliphatic rings. The van der Waals surface area contributed by atoms with Crippen molar-refractivity contribution in [1.29, 1.82) is 0 Å². The summed E-state index contributed by atoms with van der Waals surface area (Å²) in [6.45, 7) is 8.24. The van der Waals surface area contributed by atoms with Crippen LogP contribution in [-0.2, 0) is 11.0 Å². The molecule has 0 bridgehead atoms. The highest BCUT2D eigenvalue weighted by molar-refractivity contribution is 7.84. The Bertz CT molecular complexity index is 258. The minimum Gasteiger partial charge on any atom is -0.242 e. The predicted octanol–water partition coefficient (Wildman–Crippen LogP) is 2.94. The van der Waals surface area contributed by atoms with Crippen LogP contribution in [0.2, 0.25) is 0 Å². The molecule has 0 radical (unpaired) electrons. The second-order valence-corrected chi connectivity index (χ2v) is 6.46. The Balaban J connectivity index is 4.56. The molecule has 1 unspecified atom stereocenters. The molecule has 0 aromatic carbocycles. The smallest absolute Gasteiger partial charge is 0.242 e. The third-order valence-corrected chi connectivity index (χ3v) is 3.47. The third kappa shape index (κ3) is 5.65. The van der Waals surface area contributed by atoms with Crippen LogP contribution < -0.4 is 4.72 Å². The lowest BCUT2D eigenvalue weighted by molar-refractivity contribution is -0.152. The quantitative estimate of drug-likeness (QED) is 0.754. The summed E-state index contributed by atoms with van der Waals surface area (Å²) in [6.07, 6.45) is -2.88. The first-order chi connectivity index (χ1) is 7.09. The zero-order chi connectivity index (χ0) is 13.0. The third-order valence-electron chi connectivity index (χ3n) is 1.86. The molecule has 0 aliphatic heterocycles. The first kappa shape index (κ1) is 15.6. The molecule has 0 aliphatic carbocycles. The maximum atomic E-state index is 12.6. The molecular formula is C10H18F3NOS. The highest BCUT2D eigenvalue weighted by Crippen LogP contribution is 2.25. The Morgan fingerprint density at radius 3 is 2.19 bits per heavy atom. The summed E-state index contributed by atoms with van der Waals surface area (Å²) in [6, 6.07) is -1.74. The van der Waals surface area contributed by atoms with Gasteiger partial charge in [0.15, 0.2) is 0 Å². The van der Waals surface area contributed by atoms with Gasteiger partial charge in [0.05, 0.1) is 15.7 Å². The van der Waals surface area contributed by atoms with Crippen molar-refractivity contribution in [1.82, 2.24) is 4.72 Å². The summed E-state index contributed by atoms with van der Waals surface area (Å²) >= 11 is 0. The number of hydrogen-bond donors (Lipinski definition) is 1. The van der Waals surface area contributed by atoms with E-state index < -0.39 is 28.0 Å². The summed E-state index contributed by atoms with van der Waals surface area (Å²) in [5, 5.41) is 0. The van der Waals surface area contributed by atoms with E-state index in [1.54, 1.807) is 20.8 Å². The van der Waals surface area contributed by atoms with Gasteiger partial charge in [0.25, 0.3) is 0 Å². The second-order valence-electron chi connectivity index (χ2n) is 4.46. The van der Waals surface area contributed by atoms with E-state index in [9.17, 15) is 17.4 Å². The van der Waals surface area contributed by atoms with Gasteiger partial charge in [-0.3, -0.25) is 0 Å². The summed E-state index contributed by atoms with van der Waals surface area (Å²) in [7, 11) is -1.72. The van der Waals surface area contributed by atoms with Crippen LogP contribution in [0.4, 0.5) is 13.2 Å². The van der Waals surface area contributed by atoms with Gasteiger partial charge in [-0.05, 0) is 33.6 Å². The first-order valence-electron chi connectivity index (χ1n) is 4.94. The molecule has 1 N–H and O–H groups in total. The molecule has 16 heavy (non-hydrogen) atoms. The van der Waals surface area contributed by atoms with Crippen LogP contribution in [0.1, 0.15) is 33.6 Å². The molecule has 96 valence electrons. The average Bonchev–Trinajstić information content (AvgIpc) is 2.08. The topological polar surface area (TPSA) is 29.1 Å². The predicted molar refractivity (Wildman–Crippen MR) is 60.3 cm³/mol. The van der Waals surface area contributed by atoms with Crippen molar-refractivity contribution < 1.29 is 17.4 Å². The molecule has 0 aromatic heterocycles. The highest BCUT2D eigenvalue weighted by Gasteiger charge is 2.41. The second kappa shape index (κ2) is 5.82. The molecule has 0 spiro atoms. The Labute approximate surface area is 96.9 Å². The van der Waals surface area contributed by atoms with Gasteiger partial charge in [-0.15, -0.1) is 6.58 Å². The first-order valence-corrected chi connectivity index (χ1v) is 6.09. The molecule has 0 aromatic rings. The van der Waals surface area contributed by atoms with Gasteiger partial charge in [-0.25, -0.2) is 8.93 Å². The Hall–Kier alpha value is -0.360. The van der Waals surface area contributed by atoms with E-state index in [2.05, 4.69) is 11.3 Å². The normalized spacial score (nSPS) is 16.9. The maximum Gasteiger partial charge on any atom is 0.404 e. The van der Waals surface area contributed by atoms with Crippen LogP contribution in [0.3, 0.4) is 0 Å². The number of hydrogen-bond acceptors (Lipinski definition) is 1. The van der Waals surface area contributed by atoms with Crippen LogP contribution >= 0.6 is 0 Å². The lowest BCUT2D eigenvalue weighted by atomic mass is 10.1. The fourth-order valence-electron chi connectivity index (χ4n) is 0.880. The van der Waals surface area contributed by atoms with E-state index in [0.717, 1.165) is 0 Å². The van der Waals surface area contributed by atoms with Crippen LogP contribution in [0.5, 0.6) is 0 Å². The lowest BCUT2D eigenvalue weighted by Crippen LogP contribution is -2.47. The standard InChI is InChI=1S/C10H18F3NOS/c1-5-6-7-8(10(11,12)13)14-16(15)9(2,3)4/h5,8,14H,1,6-7H2,2-4H3/t8-,16?/m0/s1. The molecule has 2 atom stereocenters. The summed E-state index contributed by atoms with van der Waals surface area (Å²) < 4.78 is 50.7. The van der Waals surface area contributed by atoms with Crippen molar-refractivity contribution >= 4 is 11.0 Å². The van der Waals surface area contributed by atoms with E-state index in [-0.39, 0.29) is 12.8 Å². The minimum atomic E-state index is -4.38. The number of rotatable bonds is 5. The Morgan fingerprint density at radius 1 is 1.38 bits per heavy atom. The van der Waals surface area contributed by atoms with Gasteiger partial charge in [0, 0.05) is 0 Å². The average molecular weight is 257 g/mol. The number of nitrogens with one attached hydrogen (secondary N) is 1. The van der Waals surface area contributed by atoms with Gasteiger partial charge in [-0.1, -0.05) is 6.08 Å². The minimum absolute atomic E-state index is 0.144. The van der Waals surface area contributed by atoms with Crippen LogP contribution in [0, 0.1) is 0 Å². The summed E-state index contributed by atoms with van der Waals surface area (Å²) in [5.74, 6) is 0. The van der Waals surface area contributed by atoms with E-state index in [1.165, 1.54) is 6.08 Å². The monoisotopic (exact) mass is 257 g/mol. The van der Waals surface area contributed by atoms with Crippen molar-refractivity contribution in [2.45, 2.75) is 50.6 Å². The summed E-state index contributed by atoms with van der Waals surface area (Å²) in [5.41, 5.74) is 0. The van der Waals surface area contributed by atoms with Gasteiger partial charge in [-0.2, -0.15) is 13.2 Å². The largest absolute Gasteiger partial charge is 0.404 e. The van der Waals surface area contributed by atoms with Crippen molar-refractivity contribution in [3.8, 4) is 0 Å². The van der Waals surface area contributed by atoms with E-state index in [0.29, 0.717) is 0 Å². The van der Waals surface area contributed by atoms with Crippen LogP contribution in [0.15, 0.2) is 12.7 Å². The number of halogens is 3. The number of allylic oxidation sites excluding steroid dienone is 1. The van der Waals surface area contributed by atoms with Crippen molar-refractivity contribution in [3.05, 3.63) is 12.7 Å². The molecule has 0 saturated heterocycles. The lowest BCUT2D eigenvalue weighted by Gasteiger charge is -2.25. The molecule has 0 fully saturated rings. The zero-order valence-electron chi connectivity index (χ0n) is 9.73. The van der Waals surface area contributed by atoms with E-state index >= 15 is 0 Å². The van der Waals surface area contributed by atoms with E-state index in [4.69, 9.17) is 0 Å². The van der Waals surface area contributed by atoms with Crippen molar-refractivity contribution in [2.24, 2.45) is 0 Å². The van der Waals surface area contributed by atoms with Gasteiger partial charge in [0.2, 0.25) is 0 Å². The SMILES string of the molecule is C=CCC[C@H](NS(=O)C(C)(C)C)C(F)(F)F. The van der Waals surface area contributed by atoms with Crippen molar-refractivity contribution in [3.63, 3.8) is 0 Å². The fourth-order valence-corrected chi connectivity index (χ4v) is 1.74. The molecule has 2 nitrogen and oxygen atoms in total. The zero-order valence-corrected chi connectivity index (χ0v) is 10.5. The Kier molecular flexibility index (Phi) is 5.69. The highest BCUT2D eigenvalue weighted by atomic mass is 32.2. The van der Waals surface area contributed by atoms with E-state index in [1.807, 2.05) is 0 Å².